The van der Waals surface area contributed by atoms with Crippen molar-refractivity contribution in [3.05, 3.63) is 12.3 Å². The molecule has 0 aliphatic carbocycles. The van der Waals surface area contributed by atoms with Crippen LogP contribution in [0.4, 0.5) is 11.8 Å². The van der Waals surface area contributed by atoms with Gasteiger partial charge in [0.05, 0.1) is 0 Å². The topological polar surface area (TPSA) is 81.1 Å². The number of rotatable bonds is 1. The minimum absolute atomic E-state index is 0.250. The first-order valence-corrected chi connectivity index (χ1v) is 4.85. The minimum atomic E-state index is 0.250. The van der Waals surface area contributed by atoms with Crippen molar-refractivity contribution >= 4 is 11.8 Å². The Morgan fingerprint density at radius 1 is 1.50 bits per heavy atom. The monoisotopic (exact) mass is 193 g/mol. The number of hydrogen-bond donors (Lipinski definition) is 2. The number of nitrogen functional groups attached to an aromatic ring is 1. The smallest absolute Gasteiger partial charge is 0.221 e. The Bertz CT molecular complexity index is 314. The maximum absolute atomic E-state index is 5.88. The van der Waals surface area contributed by atoms with E-state index in [2.05, 4.69) is 14.9 Å². The lowest BCUT2D eigenvalue weighted by atomic mass is 10.1. The molecule has 0 radical (unpaired) electrons. The minimum Gasteiger partial charge on any atom is -0.368 e. The van der Waals surface area contributed by atoms with E-state index in [0.717, 1.165) is 31.7 Å². The van der Waals surface area contributed by atoms with E-state index in [1.54, 1.807) is 6.20 Å². The summed E-state index contributed by atoms with van der Waals surface area (Å²) in [6, 6.07) is 2.12. The predicted molar refractivity (Wildman–Crippen MR) is 55.9 cm³/mol. The molecule has 0 unspecified atom stereocenters. The van der Waals surface area contributed by atoms with Gasteiger partial charge in [-0.2, -0.15) is 4.98 Å². The van der Waals surface area contributed by atoms with Gasteiger partial charge in [0.15, 0.2) is 0 Å². The molecule has 4 N–H and O–H groups in total. The molecule has 76 valence electrons. The van der Waals surface area contributed by atoms with Crippen LogP contribution in [0.3, 0.4) is 0 Å². The van der Waals surface area contributed by atoms with Gasteiger partial charge < -0.3 is 16.4 Å². The standard InChI is InChI=1S/C9H15N5/c10-7-2-1-5-14(6-7)8-3-4-12-9(11)13-8/h3-4,7H,1-2,5-6,10H2,(H2,11,12,13)/t7-/m0/s1. The average Bonchev–Trinajstić information content (AvgIpc) is 2.18. The van der Waals surface area contributed by atoms with Crippen LogP contribution in [0.2, 0.25) is 0 Å². The maximum Gasteiger partial charge on any atom is 0.221 e. The normalized spacial score (nSPS) is 22.4. The largest absolute Gasteiger partial charge is 0.368 e. The van der Waals surface area contributed by atoms with Crippen molar-refractivity contribution in [3.63, 3.8) is 0 Å². The van der Waals surface area contributed by atoms with Crippen molar-refractivity contribution in [1.82, 2.24) is 9.97 Å². The molecule has 14 heavy (non-hydrogen) atoms. The Kier molecular flexibility index (Phi) is 2.49. The molecule has 5 nitrogen and oxygen atoms in total. The van der Waals surface area contributed by atoms with E-state index in [-0.39, 0.29) is 6.04 Å². The Hall–Kier alpha value is -1.36. The quantitative estimate of drug-likeness (QED) is 0.655. The lowest BCUT2D eigenvalue weighted by Gasteiger charge is -2.31. The lowest BCUT2D eigenvalue weighted by molar-refractivity contribution is 0.503. The summed E-state index contributed by atoms with van der Waals surface area (Å²) < 4.78 is 0. The lowest BCUT2D eigenvalue weighted by Crippen LogP contribution is -2.43. The van der Waals surface area contributed by atoms with Crippen LogP contribution in [-0.2, 0) is 0 Å². The van der Waals surface area contributed by atoms with E-state index in [1.165, 1.54) is 0 Å². The summed E-state index contributed by atoms with van der Waals surface area (Å²) >= 11 is 0. The van der Waals surface area contributed by atoms with Crippen molar-refractivity contribution in [2.24, 2.45) is 5.73 Å². The summed E-state index contributed by atoms with van der Waals surface area (Å²) in [7, 11) is 0. The second-order valence-corrected chi connectivity index (χ2v) is 3.62. The zero-order chi connectivity index (χ0) is 9.97. The fraction of sp³-hybridized carbons (Fsp3) is 0.556. The van der Waals surface area contributed by atoms with Crippen LogP contribution >= 0.6 is 0 Å². The molecule has 1 saturated heterocycles. The van der Waals surface area contributed by atoms with Gasteiger partial charge in [-0.25, -0.2) is 4.98 Å². The van der Waals surface area contributed by atoms with Gasteiger partial charge in [-0.3, -0.25) is 0 Å². The summed E-state index contributed by atoms with van der Waals surface area (Å²) in [6.07, 6.45) is 3.89. The molecule has 1 aliphatic rings. The van der Waals surface area contributed by atoms with Gasteiger partial charge in [-0.1, -0.05) is 0 Å². The second-order valence-electron chi connectivity index (χ2n) is 3.62. The summed E-state index contributed by atoms with van der Waals surface area (Å²) in [5.41, 5.74) is 11.4. The summed E-state index contributed by atoms with van der Waals surface area (Å²) in [4.78, 5) is 10.2. The molecule has 2 heterocycles. The maximum atomic E-state index is 5.88. The van der Waals surface area contributed by atoms with Crippen molar-refractivity contribution in [3.8, 4) is 0 Å². The first-order valence-electron chi connectivity index (χ1n) is 4.85. The zero-order valence-electron chi connectivity index (χ0n) is 8.06. The van der Waals surface area contributed by atoms with Crippen LogP contribution in [0.25, 0.3) is 0 Å². The number of piperidine rings is 1. The molecule has 1 aliphatic heterocycles. The number of hydrogen-bond acceptors (Lipinski definition) is 5. The Morgan fingerprint density at radius 2 is 2.36 bits per heavy atom. The molecule has 1 aromatic heterocycles. The Morgan fingerprint density at radius 3 is 3.07 bits per heavy atom. The highest BCUT2D eigenvalue weighted by atomic mass is 15.2. The van der Waals surface area contributed by atoms with Crippen LogP contribution in [0, 0.1) is 0 Å². The van der Waals surface area contributed by atoms with Crippen molar-refractivity contribution < 1.29 is 0 Å². The molecule has 1 atom stereocenters. The van der Waals surface area contributed by atoms with E-state index in [1.807, 2.05) is 6.07 Å². The van der Waals surface area contributed by atoms with Gasteiger partial charge in [0.2, 0.25) is 5.95 Å². The predicted octanol–water partition coefficient (Wildman–Crippen LogP) is -0.0137. The molecule has 0 aromatic carbocycles. The molecule has 1 aromatic rings. The van der Waals surface area contributed by atoms with E-state index in [0.29, 0.717) is 5.95 Å². The van der Waals surface area contributed by atoms with Crippen molar-refractivity contribution in [2.75, 3.05) is 23.7 Å². The van der Waals surface area contributed by atoms with Crippen LogP contribution in [0.5, 0.6) is 0 Å². The third-order valence-electron chi connectivity index (χ3n) is 2.44. The number of nitrogens with two attached hydrogens (primary N) is 2. The zero-order valence-corrected chi connectivity index (χ0v) is 8.06. The highest BCUT2D eigenvalue weighted by Gasteiger charge is 2.17. The average molecular weight is 193 g/mol. The van der Waals surface area contributed by atoms with Crippen molar-refractivity contribution in [2.45, 2.75) is 18.9 Å². The van der Waals surface area contributed by atoms with Gasteiger partial charge in [0.1, 0.15) is 5.82 Å². The molecule has 0 amide bonds. The van der Waals surface area contributed by atoms with Gasteiger partial charge in [-0.15, -0.1) is 0 Å². The third kappa shape index (κ3) is 1.93. The summed E-state index contributed by atoms with van der Waals surface area (Å²) in [5, 5.41) is 0. The molecule has 1 fully saturated rings. The first kappa shape index (κ1) is 9.21. The molecule has 0 bridgehead atoms. The first-order chi connectivity index (χ1) is 6.75. The van der Waals surface area contributed by atoms with Gasteiger partial charge in [-0.05, 0) is 18.9 Å². The van der Waals surface area contributed by atoms with E-state index in [4.69, 9.17) is 11.5 Å². The summed E-state index contributed by atoms with van der Waals surface area (Å²) in [5.74, 6) is 1.20. The number of aromatic nitrogens is 2. The van der Waals surface area contributed by atoms with Crippen LogP contribution < -0.4 is 16.4 Å². The SMILES string of the molecule is Nc1nccc(N2CCC[C@H](N)C2)n1. The van der Waals surface area contributed by atoms with Crippen LogP contribution in [0.15, 0.2) is 12.3 Å². The Labute approximate surface area is 83.1 Å². The van der Waals surface area contributed by atoms with Crippen molar-refractivity contribution in [1.29, 1.82) is 0 Å². The molecule has 2 rings (SSSR count). The molecular weight excluding hydrogens is 178 g/mol. The number of anilines is 2. The van der Waals surface area contributed by atoms with Gasteiger partial charge >= 0.3 is 0 Å². The number of nitrogens with zero attached hydrogens (tertiary/aromatic N) is 3. The fourth-order valence-corrected chi connectivity index (χ4v) is 1.76. The highest BCUT2D eigenvalue weighted by molar-refractivity contribution is 5.41. The molecule has 0 spiro atoms. The van der Waals surface area contributed by atoms with E-state index < -0.39 is 0 Å². The van der Waals surface area contributed by atoms with Crippen LogP contribution in [-0.4, -0.2) is 29.1 Å². The molecule has 5 heteroatoms. The fourth-order valence-electron chi connectivity index (χ4n) is 1.76. The second kappa shape index (κ2) is 3.79. The van der Waals surface area contributed by atoms with Gasteiger partial charge in [0.25, 0.3) is 0 Å². The third-order valence-corrected chi connectivity index (χ3v) is 2.44. The van der Waals surface area contributed by atoms with Crippen LogP contribution in [0.1, 0.15) is 12.8 Å². The highest BCUT2D eigenvalue weighted by Crippen LogP contribution is 2.16. The van der Waals surface area contributed by atoms with E-state index >= 15 is 0 Å². The molecule has 0 saturated carbocycles. The van der Waals surface area contributed by atoms with E-state index in [9.17, 15) is 0 Å². The Balaban J connectivity index is 2.14. The molecular formula is C9H15N5. The summed E-state index contributed by atoms with van der Waals surface area (Å²) in [6.45, 7) is 1.86. The van der Waals surface area contributed by atoms with Gasteiger partial charge in [0, 0.05) is 25.3 Å².